The Morgan fingerprint density at radius 2 is 2.25 bits per heavy atom. The molecule has 0 unspecified atom stereocenters. The lowest BCUT2D eigenvalue weighted by atomic mass is 10.4. The van der Waals surface area contributed by atoms with Crippen molar-refractivity contribution in [3.8, 4) is 0 Å². The molecule has 0 fully saturated rings. The van der Waals surface area contributed by atoms with E-state index >= 15 is 0 Å². The molecule has 0 aliphatic rings. The van der Waals surface area contributed by atoms with Gasteiger partial charge < -0.3 is 10.3 Å². The van der Waals surface area contributed by atoms with E-state index < -0.39 is 18.9 Å². The van der Waals surface area contributed by atoms with E-state index in [1.54, 1.807) is 7.05 Å². The molecular formula is C9H13F3N6O2. The first-order chi connectivity index (χ1) is 9.20. The van der Waals surface area contributed by atoms with Crippen molar-refractivity contribution in [3.63, 3.8) is 0 Å². The molecule has 1 aromatic rings. The van der Waals surface area contributed by atoms with Gasteiger partial charge in [0, 0.05) is 14.1 Å². The Labute approximate surface area is 112 Å². The standard InChI is InChI=1S/C9H13F3N6O2/c1-17-5-14-6(7(13)19)8(17)15-16-18(2)3-4-20-9(10,11)12/h5H,3-4H2,1-2H3,(H2,13,19)/b16-15+. The van der Waals surface area contributed by atoms with Crippen LogP contribution < -0.4 is 5.73 Å². The maximum absolute atomic E-state index is 11.8. The minimum Gasteiger partial charge on any atom is -0.364 e. The summed E-state index contributed by atoms with van der Waals surface area (Å²) in [4.78, 5) is 14.8. The molecule has 1 amide bonds. The number of alkyl halides is 3. The van der Waals surface area contributed by atoms with Crippen LogP contribution in [0.25, 0.3) is 0 Å². The van der Waals surface area contributed by atoms with Gasteiger partial charge in [-0.25, -0.2) is 4.98 Å². The molecule has 1 rings (SSSR count). The number of nitrogens with zero attached hydrogens (tertiary/aromatic N) is 5. The lowest BCUT2D eigenvalue weighted by molar-refractivity contribution is -0.324. The van der Waals surface area contributed by atoms with Crippen LogP contribution in [-0.2, 0) is 11.8 Å². The number of imidazole rings is 1. The number of ether oxygens (including phenoxy) is 1. The summed E-state index contributed by atoms with van der Waals surface area (Å²) in [5.74, 6) is -0.663. The number of aromatic nitrogens is 2. The van der Waals surface area contributed by atoms with Gasteiger partial charge in [0.2, 0.25) is 0 Å². The second kappa shape index (κ2) is 6.32. The first kappa shape index (κ1) is 15.9. The number of hydrogen-bond acceptors (Lipinski definition) is 5. The maximum Gasteiger partial charge on any atom is 0.522 e. The van der Waals surface area contributed by atoms with Gasteiger partial charge in [0.15, 0.2) is 11.5 Å². The SMILES string of the molecule is CN(CCOC(F)(F)F)/N=N/c1c(C(N)=O)ncn1C. The Bertz CT molecular complexity index is 498. The molecule has 8 nitrogen and oxygen atoms in total. The molecule has 1 aromatic heterocycles. The molecule has 0 bridgehead atoms. The number of rotatable bonds is 6. The van der Waals surface area contributed by atoms with Crippen molar-refractivity contribution in [1.82, 2.24) is 14.6 Å². The van der Waals surface area contributed by atoms with E-state index in [0.717, 1.165) is 5.01 Å². The molecule has 0 atom stereocenters. The monoisotopic (exact) mass is 294 g/mol. The summed E-state index contributed by atoms with van der Waals surface area (Å²) in [6.07, 6.45) is -3.36. The largest absolute Gasteiger partial charge is 0.522 e. The van der Waals surface area contributed by atoms with E-state index in [1.165, 1.54) is 17.9 Å². The number of carbonyl (C=O) groups is 1. The second-order valence-electron chi connectivity index (χ2n) is 3.76. The molecular weight excluding hydrogens is 281 g/mol. The summed E-state index contributed by atoms with van der Waals surface area (Å²) in [7, 11) is 2.98. The number of carbonyl (C=O) groups excluding carboxylic acids is 1. The van der Waals surface area contributed by atoms with Crippen LogP contribution in [0, 0.1) is 0 Å². The van der Waals surface area contributed by atoms with Gasteiger partial charge >= 0.3 is 6.36 Å². The molecule has 0 saturated heterocycles. The van der Waals surface area contributed by atoms with Crippen LogP contribution >= 0.6 is 0 Å². The highest BCUT2D eigenvalue weighted by Gasteiger charge is 2.28. The third kappa shape index (κ3) is 4.84. The van der Waals surface area contributed by atoms with Crippen molar-refractivity contribution in [2.45, 2.75) is 6.36 Å². The molecule has 0 aliphatic heterocycles. The average Bonchev–Trinajstić information content (AvgIpc) is 2.66. The summed E-state index contributed by atoms with van der Waals surface area (Å²) in [5.41, 5.74) is 5.01. The van der Waals surface area contributed by atoms with Gasteiger partial charge in [0.1, 0.15) is 0 Å². The zero-order chi connectivity index (χ0) is 15.3. The Hall–Kier alpha value is -2.17. The van der Waals surface area contributed by atoms with Crippen LogP contribution in [0.2, 0.25) is 0 Å². The van der Waals surface area contributed by atoms with Gasteiger partial charge in [-0.3, -0.25) is 14.5 Å². The minimum absolute atomic E-state index is 0.0730. The number of hydrogen-bond donors (Lipinski definition) is 1. The van der Waals surface area contributed by atoms with E-state index in [2.05, 4.69) is 20.1 Å². The zero-order valence-electron chi connectivity index (χ0n) is 10.8. The smallest absolute Gasteiger partial charge is 0.364 e. The predicted molar refractivity (Wildman–Crippen MR) is 60.9 cm³/mol. The van der Waals surface area contributed by atoms with Gasteiger partial charge in [0.25, 0.3) is 5.91 Å². The fourth-order valence-corrected chi connectivity index (χ4v) is 1.17. The molecule has 0 aromatic carbocycles. The molecule has 11 heteroatoms. The normalized spacial score (nSPS) is 12.1. The van der Waals surface area contributed by atoms with Crippen molar-refractivity contribution in [2.75, 3.05) is 20.2 Å². The summed E-state index contributed by atoms with van der Waals surface area (Å²) in [6, 6.07) is 0. The van der Waals surface area contributed by atoms with Crippen LogP contribution in [-0.4, -0.2) is 47.0 Å². The van der Waals surface area contributed by atoms with E-state index in [9.17, 15) is 18.0 Å². The van der Waals surface area contributed by atoms with Crippen molar-refractivity contribution in [1.29, 1.82) is 0 Å². The first-order valence-corrected chi connectivity index (χ1v) is 5.35. The van der Waals surface area contributed by atoms with Crippen LogP contribution in [0.5, 0.6) is 0 Å². The molecule has 2 N–H and O–H groups in total. The van der Waals surface area contributed by atoms with Gasteiger partial charge in [0.05, 0.1) is 19.5 Å². The highest BCUT2D eigenvalue weighted by atomic mass is 19.4. The summed E-state index contributed by atoms with van der Waals surface area (Å²) in [5, 5.41) is 8.48. The van der Waals surface area contributed by atoms with Gasteiger partial charge in [-0.1, -0.05) is 5.22 Å². The Morgan fingerprint density at radius 3 is 2.80 bits per heavy atom. The first-order valence-electron chi connectivity index (χ1n) is 5.35. The average molecular weight is 294 g/mol. The number of halogens is 3. The highest BCUT2D eigenvalue weighted by molar-refractivity contribution is 5.94. The molecule has 0 saturated carbocycles. The Balaban J connectivity index is 2.59. The van der Waals surface area contributed by atoms with Gasteiger partial charge in [-0.2, -0.15) is 0 Å². The van der Waals surface area contributed by atoms with Gasteiger partial charge in [-0.15, -0.1) is 18.3 Å². The molecule has 20 heavy (non-hydrogen) atoms. The number of likely N-dealkylation sites (N-methyl/N-ethyl adjacent to an activating group) is 1. The lowest BCUT2D eigenvalue weighted by Gasteiger charge is -2.12. The van der Waals surface area contributed by atoms with E-state index in [0.29, 0.717) is 0 Å². The molecule has 0 radical (unpaired) electrons. The number of aryl methyl sites for hydroxylation is 1. The van der Waals surface area contributed by atoms with Crippen LogP contribution in [0.15, 0.2) is 16.7 Å². The van der Waals surface area contributed by atoms with E-state index in [4.69, 9.17) is 5.73 Å². The topological polar surface area (TPSA) is 98.1 Å². The number of primary amides is 1. The lowest BCUT2D eigenvalue weighted by Crippen LogP contribution is -2.22. The van der Waals surface area contributed by atoms with E-state index in [1.807, 2.05) is 0 Å². The second-order valence-corrected chi connectivity index (χ2v) is 3.76. The third-order valence-corrected chi connectivity index (χ3v) is 2.11. The minimum atomic E-state index is -4.68. The Morgan fingerprint density at radius 1 is 1.60 bits per heavy atom. The van der Waals surface area contributed by atoms with Crippen LogP contribution in [0.1, 0.15) is 10.5 Å². The molecule has 0 spiro atoms. The predicted octanol–water partition coefficient (Wildman–Crippen LogP) is 0.986. The maximum atomic E-state index is 11.8. The number of nitrogens with two attached hydrogens (primary N) is 1. The highest BCUT2D eigenvalue weighted by Crippen LogP contribution is 2.17. The summed E-state index contributed by atoms with van der Waals surface area (Å²) in [6.45, 7) is -0.722. The molecule has 0 aliphatic carbocycles. The zero-order valence-corrected chi connectivity index (χ0v) is 10.8. The quantitative estimate of drug-likeness (QED) is 0.624. The Kier molecular flexibility index (Phi) is 5.02. The van der Waals surface area contributed by atoms with Crippen molar-refractivity contribution in [2.24, 2.45) is 23.1 Å². The van der Waals surface area contributed by atoms with Gasteiger partial charge in [-0.05, 0) is 0 Å². The summed E-state index contributed by atoms with van der Waals surface area (Å²) >= 11 is 0. The van der Waals surface area contributed by atoms with Crippen molar-refractivity contribution >= 4 is 11.7 Å². The summed E-state index contributed by atoms with van der Waals surface area (Å²) < 4.78 is 40.3. The van der Waals surface area contributed by atoms with Crippen molar-refractivity contribution < 1.29 is 22.7 Å². The van der Waals surface area contributed by atoms with Crippen LogP contribution in [0.4, 0.5) is 19.0 Å². The van der Waals surface area contributed by atoms with Crippen LogP contribution in [0.3, 0.4) is 0 Å². The number of amides is 1. The third-order valence-electron chi connectivity index (χ3n) is 2.11. The molecule has 112 valence electrons. The van der Waals surface area contributed by atoms with E-state index in [-0.39, 0.29) is 18.1 Å². The van der Waals surface area contributed by atoms with Crippen molar-refractivity contribution in [3.05, 3.63) is 12.0 Å². The fraction of sp³-hybridized carbons (Fsp3) is 0.556. The molecule has 1 heterocycles. The fourth-order valence-electron chi connectivity index (χ4n) is 1.17.